The molecule has 120 valence electrons. The first-order valence-corrected chi connectivity index (χ1v) is 6.99. The number of hydrogen-bond acceptors (Lipinski definition) is 3. The Hall–Kier alpha value is -2.18. The Morgan fingerprint density at radius 1 is 1.00 bits per heavy atom. The third-order valence-electron chi connectivity index (χ3n) is 2.69. The van der Waals surface area contributed by atoms with Gasteiger partial charge in [-0.25, -0.2) is 13.6 Å². The highest BCUT2D eigenvalue weighted by molar-refractivity contribution is 6.34. The first-order valence-electron chi connectivity index (χ1n) is 6.24. The van der Waals surface area contributed by atoms with Gasteiger partial charge in [0, 0.05) is 0 Å². The van der Waals surface area contributed by atoms with Crippen molar-refractivity contribution in [2.75, 3.05) is 11.9 Å². The molecular formula is C15H9Cl2F2NO3. The minimum Gasteiger partial charge on any atom is -0.452 e. The Bertz CT molecular complexity index is 768. The van der Waals surface area contributed by atoms with Crippen molar-refractivity contribution in [3.8, 4) is 0 Å². The lowest BCUT2D eigenvalue weighted by atomic mass is 10.2. The molecular weight excluding hydrogens is 351 g/mol. The molecule has 0 heterocycles. The zero-order chi connectivity index (χ0) is 17.0. The first kappa shape index (κ1) is 17.2. The molecule has 0 bridgehead atoms. The molecule has 0 aromatic heterocycles. The van der Waals surface area contributed by atoms with Crippen LogP contribution in [-0.2, 0) is 9.53 Å². The molecule has 0 aliphatic heterocycles. The quantitative estimate of drug-likeness (QED) is 0.837. The molecule has 0 saturated heterocycles. The Kier molecular flexibility index (Phi) is 5.52. The molecule has 0 aliphatic rings. The van der Waals surface area contributed by atoms with Crippen molar-refractivity contribution < 1.29 is 23.1 Å². The second kappa shape index (κ2) is 7.39. The van der Waals surface area contributed by atoms with E-state index < -0.39 is 30.1 Å². The summed E-state index contributed by atoms with van der Waals surface area (Å²) in [7, 11) is 0. The second-order valence-electron chi connectivity index (χ2n) is 4.37. The van der Waals surface area contributed by atoms with Crippen molar-refractivity contribution >= 4 is 40.8 Å². The highest BCUT2D eigenvalue weighted by atomic mass is 35.5. The van der Waals surface area contributed by atoms with Gasteiger partial charge in [-0.05, 0) is 36.4 Å². The van der Waals surface area contributed by atoms with Crippen LogP contribution in [0, 0.1) is 11.6 Å². The van der Waals surface area contributed by atoms with E-state index in [0.717, 1.165) is 24.3 Å². The summed E-state index contributed by atoms with van der Waals surface area (Å²) < 4.78 is 30.7. The number of rotatable bonds is 4. The normalized spacial score (nSPS) is 10.3. The topological polar surface area (TPSA) is 55.4 Å². The van der Waals surface area contributed by atoms with E-state index in [1.165, 1.54) is 12.1 Å². The summed E-state index contributed by atoms with van der Waals surface area (Å²) in [4.78, 5) is 23.4. The van der Waals surface area contributed by atoms with Gasteiger partial charge in [-0.1, -0.05) is 23.2 Å². The summed E-state index contributed by atoms with van der Waals surface area (Å²) in [5.41, 5.74) is -0.0304. The van der Waals surface area contributed by atoms with E-state index >= 15 is 0 Å². The maximum absolute atomic E-state index is 13.1. The molecule has 8 heteroatoms. The Labute approximate surface area is 140 Å². The van der Waals surface area contributed by atoms with Crippen LogP contribution in [0.15, 0.2) is 36.4 Å². The molecule has 4 nitrogen and oxygen atoms in total. The minimum absolute atomic E-state index is 0.00149. The van der Waals surface area contributed by atoms with Crippen LogP contribution >= 0.6 is 23.2 Å². The molecule has 0 atom stereocenters. The van der Waals surface area contributed by atoms with Gasteiger partial charge in [0.05, 0.1) is 21.3 Å². The van der Waals surface area contributed by atoms with Gasteiger partial charge in [0.1, 0.15) is 11.6 Å². The monoisotopic (exact) mass is 359 g/mol. The van der Waals surface area contributed by atoms with Gasteiger partial charge in [0.25, 0.3) is 5.91 Å². The Morgan fingerprint density at radius 2 is 1.65 bits per heavy atom. The van der Waals surface area contributed by atoms with Crippen LogP contribution in [-0.4, -0.2) is 18.5 Å². The molecule has 0 aliphatic carbocycles. The van der Waals surface area contributed by atoms with Crippen LogP contribution in [0.2, 0.25) is 10.0 Å². The van der Waals surface area contributed by atoms with E-state index in [1.807, 2.05) is 0 Å². The number of ether oxygens (including phenoxy) is 1. The number of carbonyl (C=O) groups excluding carboxylic acids is 2. The second-order valence-corrected chi connectivity index (χ2v) is 5.19. The molecule has 2 rings (SSSR count). The number of halogens is 4. The fraction of sp³-hybridized carbons (Fsp3) is 0.0667. The molecule has 0 unspecified atom stereocenters. The van der Waals surface area contributed by atoms with Crippen LogP contribution in [0.25, 0.3) is 0 Å². The molecule has 0 radical (unpaired) electrons. The Morgan fingerprint density at radius 3 is 2.35 bits per heavy atom. The van der Waals surface area contributed by atoms with Gasteiger partial charge in [0.2, 0.25) is 0 Å². The van der Waals surface area contributed by atoms with Gasteiger partial charge < -0.3 is 10.1 Å². The molecule has 0 saturated carbocycles. The van der Waals surface area contributed by atoms with Gasteiger partial charge >= 0.3 is 5.97 Å². The molecule has 0 fully saturated rings. The lowest BCUT2D eigenvalue weighted by molar-refractivity contribution is -0.119. The third kappa shape index (κ3) is 4.64. The molecule has 1 amide bonds. The smallest absolute Gasteiger partial charge is 0.340 e. The molecule has 2 aromatic rings. The molecule has 2 aromatic carbocycles. The number of nitrogens with one attached hydrogen (secondary N) is 1. The average Bonchev–Trinajstić information content (AvgIpc) is 2.50. The molecule has 1 N–H and O–H groups in total. The summed E-state index contributed by atoms with van der Waals surface area (Å²) in [6, 6.07) is 6.59. The maximum Gasteiger partial charge on any atom is 0.340 e. The van der Waals surface area contributed by atoms with E-state index in [1.54, 1.807) is 0 Å². The summed E-state index contributed by atoms with van der Waals surface area (Å²) in [5, 5.41) is 2.34. The molecule has 0 spiro atoms. The van der Waals surface area contributed by atoms with Crippen LogP contribution in [0.5, 0.6) is 0 Å². The Balaban J connectivity index is 1.96. The number of benzene rings is 2. The van der Waals surface area contributed by atoms with E-state index in [2.05, 4.69) is 5.32 Å². The van der Waals surface area contributed by atoms with Crippen molar-refractivity contribution in [3.63, 3.8) is 0 Å². The number of anilines is 1. The highest BCUT2D eigenvalue weighted by Gasteiger charge is 2.15. The van der Waals surface area contributed by atoms with E-state index in [9.17, 15) is 18.4 Å². The predicted octanol–water partition coefficient (Wildman–Crippen LogP) is 4.07. The number of esters is 1. The largest absolute Gasteiger partial charge is 0.452 e. The zero-order valence-corrected chi connectivity index (χ0v) is 12.9. The summed E-state index contributed by atoms with van der Waals surface area (Å²) in [6.07, 6.45) is 0. The highest BCUT2D eigenvalue weighted by Crippen LogP contribution is 2.22. The summed E-state index contributed by atoms with van der Waals surface area (Å²) in [5.74, 6) is -2.86. The summed E-state index contributed by atoms with van der Waals surface area (Å²) in [6.45, 7) is -0.640. The van der Waals surface area contributed by atoms with Crippen LogP contribution in [0.1, 0.15) is 10.4 Å². The van der Waals surface area contributed by atoms with Crippen molar-refractivity contribution in [1.82, 2.24) is 0 Å². The van der Waals surface area contributed by atoms with Gasteiger partial charge in [0.15, 0.2) is 6.61 Å². The first-order chi connectivity index (χ1) is 10.9. The number of carbonyl (C=O) groups is 2. The average molecular weight is 360 g/mol. The van der Waals surface area contributed by atoms with Crippen molar-refractivity contribution in [1.29, 1.82) is 0 Å². The van der Waals surface area contributed by atoms with Crippen molar-refractivity contribution in [2.24, 2.45) is 0 Å². The predicted molar refractivity (Wildman–Crippen MR) is 81.7 cm³/mol. The molecule has 23 heavy (non-hydrogen) atoms. The van der Waals surface area contributed by atoms with Crippen molar-refractivity contribution in [2.45, 2.75) is 0 Å². The lowest BCUT2D eigenvalue weighted by Gasteiger charge is -2.08. The number of hydrogen-bond donors (Lipinski definition) is 1. The van der Waals surface area contributed by atoms with E-state index in [4.69, 9.17) is 27.9 Å². The van der Waals surface area contributed by atoms with Gasteiger partial charge in [-0.15, -0.1) is 0 Å². The standard InChI is InChI=1S/C15H9Cl2F2NO3/c16-11-3-1-8(18)5-10(11)15(22)23-7-14(21)20-13-4-2-9(19)6-12(13)17/h1-6H,7H2,(H,20,21). The minimum atomic E-state index is -0.949. The number of amides is 1. The third-order valence-corrected chi connectivity index (χ3v) is 3.33. The maximum atomic E-state index is 13.1. The van der Waals surface area contributed by atoms with Crippen LogP contribution in [0.4, 0.5) is 14.5 Å². The SMILES string of the molecule is O=C(COC(=O)c1cc(F)ccc1Cl)Nc1ccc(F)cc1Cl. The van der Waals surface area contributed by atoms with E-state index in [0.29, 0.717) is 0 Å². The van der Waals surface area contributed by atoms with Crippen LogP contribution < -0.4 is 5.32 Å². The lowest BCUT2D eigenvalue weighted by Crippen LogP contribution is -2.21. The van der Waals surface area contributed by atoms with Crippen molar-refractivity contribution in [3.05, 3.63) is 63.6 Å². The van der Waals surface area contributed by atoms with Gasteiger partial charge in [-0.2, -0.15) is 0 Å². The van der Waals surface area contributed by atoms with Crippen LogP contribution in [0.3, 0.4) is 0 Å². The summed E-state index contributed by atoms with van der Waals surface area (Å²) >= 11 is 11.5. The fourth-order valence-electron chi connectivity index (χ4n) is 1.64. The zero-order valence-electron chi connectivity index (χ0n) is 11.4. The van der Waals surface area contributed by atoms with E-state index in [-0.39, 0.29) is 21.3 Å². The van der Waals surface area contributed by atoms with Gasteiger partial charge in [-0.3, -0.25) is 4.79 Å². The fourth-order valence-corrected chi connectivity index (χ4v) is 2.05.